The normalized spacial score (nSPS) is 12.2. The quantitative estimate of drug-likeness (QED) is 0.149. The fraction of sp³-hybridized carbons (Fsp3) is 0.0118. The van der Waals surface area contributed by atoms with E-state index in [1.807, 2.05) is 0 Å². The van der Waals surface area contributed by atoms with Crippen LogP contribution in [0.25, 0.3) is 159 Å². The van der Waals surface area contributed by atoms with Gasteiger partial charge in [-0.05, 0) is 133 Å². The second kappa shape index (κ2) is 19.3. The largest absolute Gasteiger partial charge is 0.342 e. The van der Waals surface area contributed by atoms with Gasteiger partial charge in [-0.2, -0.15) is 0 Å². The van der Waals surface area contributed by atoms with Crippen molar-refractivity contribution in [3.8, 4) is 28.4 Å². The molecular formula is C85H55N7. The Morgan fingerprint density at radius 3 is 0.663 bits per heavy atom. The number of para-hydroxylation sites is 8. The molecule has 0 aliphatic rings. The third-order valence-electron chi connectivity index (χ3n) is 19.8. The molecular weight excluding hydrogens is 1120 g/mol. The maximum Gasteiger partial charge on any atom is 0.0788 e. The molecule has 430 valence electrons. The van der Waals surface area contributed by atoms with Gasteiger partial charge < -0.3 is 32.3 Å². The topological polar surface area (TPSA) is 32.8 Å². The molecule has 14 aromatic carbocycles. The SMILES string of the molecule is Cn1c2ccccc2c2ccc3c4ccccc4n(-c4ccc(N(c5ccc(-n6c7ccccc7c7ccc8c9ccccc9n(-c9ccccc9)c8c76)cc5)c5ccc(-n6c7ccccc7c7ccc8c9ccccc9n(-c9ccccc9)c8c76)cc5)cc4)c3c21. The summed E-state index contributed by atoms with van der Waals surface area (Å²) in [4.78, 5) is 2.42. The van der Waals surface area contributed by atoms with E-state index < -0.39 is 0 Å². The van der Waals surface area contributed by atoms with Gasteiger partial charge in [0.1, 0.15) is 0 Å². The number of fused-ring (bicyclic) bond motifs is 21. The van der Waals surface area contributed by atoms with Gasteiger partial charge in [-0.3, -0.25) is 0 Å². The van der Waals surface area contributed by atoms with Gasteiger partial charge in [0.2, 0.25) is 0 Å². The first-order valence-electron chi connectivity index (χ1n) is 31.7. The molecule has 0 spiro atoms. The van der Waals surface area contributed by atoms with Crippen LogP contribution in [0.3, 0.4) is 0 Å². The third-order valence-corrected chi connectivity index (χ3v) is 19.8. The number of hydrogen-bond acceptors (Lipinski definition) is 1. The Morgan fingerprint density at radius 2 is 0.380 bits per heavy atom. The Labute approximate surface area is 528 Å². The van der Waals surface area contributed by atoms with E-state index >= 15 is 0 Å². The highest BCUT2D eigenvalue weighted by molar-refractivity contribution is 6.26. The van der Waals surface area contributed by atoms with Crippen molar-refractivity contribution in [1.29, 1.82) is 0 Å². The molecule has 0 amide bonds. The fourth-order valence-electron chi connectivity index (χ4n) is 15.9. The van der Waals surface area contributed by atoms with Crippen LogP contribution in [0.5, 0.6) is 0 Å². The number of anilines is 3. The van der Waals surface area contributed by atoms with Crippen molar-refractivity contribution in [2.45, 2.75) is 0 Å². The van der Waals surface area contributed by atoms with Crippen molar-refractivity contribution >= 4 is 148 Å². The minimum atomic E-state index is 1.04. The van der Waals surface area contributed by atoms with E-state index in [-0.39, 0.29) is 0 Å². The van der Waals surface area contributed by atoms with Gasteiger partial charge in [0.15, 0.2) is 0 Å². The lowest BCUT2D eigenvalue weighted by Crippen LogP contribution is -2.10. The van der Waals surface area contributed by atoms with Crippen LogP contribution in [0.15, 0.2) is 315 Å². The number of aryl methyl sites for hydroxylation is 1. The summed E-state index contributed by atoms with van der Waals surface area (Å²) in [5.74, 6) is 0. The van der Waals surface area contributed by atoms with E-state index in [0.29, 0.717) is 0 Å². The first kappa shape index (κ1) is 50.7. The van der Waals surface area contributed by atoms with Gasteiger partial charge in [-0.15, -0.1) is 0 Å². The van der Waals surface area contributed by atoms with E-state index in [9.17, 15) is 0 Å². The Morgan fingerprint density at radius 1 is 0.174 bits per heavy atom. The highest BCUT2D eigenvalue weighted by atomic mass is 15.1. The lowest BCUT2D eigenvalue weighted by Gasteiger charge is -2.26. The average molecular weight is 1170 g/mol. The molecule has 20 rings (SSSR count). The summed E-state index contributed by atoms with van der Waals surface area (Å²) in [5, 5.41) is 14.8. The summed E-state index contributed by atoms with van der Waals surface area (Å²) >= 11 is 0. The zero-order valence-electron chi connectivity index (χ0n) is 50.2. The number of hydrogen-bond donors (Lipinski definition) is 0. The summed E-state index contributed by atoms with van der Waals surface area (Å²) in [6, 6.07) is 116. The summed E-state index contributed by atoms with van der Waals surface area (Å²) in [6.45, 7) is 0. The first-order chi connectivity index (χ1) is 45.6. The lowest BCUT2D eigenvalue weighted by atomic mass is 10.1. The van der Waals surface area contributed by atoms with Crippen LogP contribution < -0.4 is 4.90 Å². The number of benzene rings is 14. The van der Waals surface area contributed by atoms with E-state index in [2.05, 4.69) is 355 Å². The van der Waals surface area contributed by atoms with Gasteiger partial charge in [-0.1, -0.05) is 182 Å². The molecule has 7 nitrogen and oxygen atoms in total. The molecule has 7 heteroatoms. The van der Waals surface area contributed by atoms with Crippen LogP contribution in [0.4, 0.5) is 17.1 Å². The van der Waals surface area contributed by atoms with Crippen LogP contribution in [0.1, 0.15) is 0 Å². The highest BCUT2D eigenvalue weighted by Crippen LogP contribution is 2.47. The predicted molar refractivity (Wildman–Crippen MR) is 387 cm³/mol. The van der Waals surface area contributed by atoms with Gasteiger partial charge >= 0.3 is 0 Å². The van der Waals surface area contributed by atoms with E-state index in [4.69, 9.17) is 0 Å². The molecule has 0 N–H and O–H groups in total. The number of aromatic nitrogens is 6. The van der Waals surface area contributed by atoms with Gasteiger partial charge in [0.05, 0.1) is 60.7 Å². The highest BCUT2D eigenvalue weighted by Gasteiger charge is 2.26. The average Bonchev–Trinajstić information content (AvgIpc) is 1.57. The zero-order valence-corrected chi connectivity index (χ0v) is 50.2. The second-order valence-electron chi connectivity index (χ2n) is 24.5. The van der Waals surface area contributed by atoms with Gasteiger partial charge in [0.25, 0.3) is 0 Å². The van der Waals surface area contributed by atoms with Crippen molar-refractivity contribution in [1.82, 2.24) is 27.4 Å². The summed E-state index contributed by atoms with van der Waals surface area (Å²) in [5.41, 5.74) is 22.9. The smallest absolute Gasteiger partial charge is 0.0788 e. The molecule has 6 aromatic heterocycles. The summed E-state index contributed by atoms with van der Waals surface area (Å²) in [6.07, 6.45) is 0. The number of nitrogens with zero attached hydrogens (tertiary/aromatic N) is 7. The van der Waals surface area contributed by atoms with Gasteiger partial charge in [-0.25, -0.2) is 0 Å². The van der Waals surface area contributed by atoms with Crippen LogP contribution in [0.2, 0.25) is 0 Å². The van der Waals surface area contributed by atoms with Crippen molar-refractivity contribution in [2.75, 3.05) is 4.90 Å². The van der Waals surface area contributed by atoms with Crippen LogP contribution in [0, 0.1) is 0 Å². The molecule has 0 radical (unpaired) electrons. The monoisotopic (exact) mass is 1170 g/mol. The van der Waals surface area contributed by atoms with Crippen molar-refractivity contribution in [3.63, 3.8) is 0 Å². The molecule has 0 aliphatic carbocycles. The summed E-state index contributed by atoms with van der Waals surface area (Å²) < 4.78 is 14.7. The Balaban J connectivity index is 0.792. The lowest BCUT2D eigenvalue weighted by molar-refractivity contribution is 1.01. The predicted octanol–water partition coefficient (Wildman–Crippen LogP) is 22.3. The molecule has 6 heterocycles. The molecule has 92 heavy (non-hydrogen) atoms. The van der Waals surface area contributed by atoms with Crippen LogP contribution in [-0.2, 0) is 7.05 Å². The molecule has 20 aromatic rings. The molecule has 0 fully saturated rings. The maximum absolute atomic E-state index is 2.49. The second-order valence-corrected chi connectivity index (χ2v) is 24.5. The number of rotatable bonds is 8. The molecule has 0 bridgehead atoms. The molecule has 0 unspecified atom stereocenters. The van der Waals surface area contributed by atoms with Crippen molar-refractivity contribution in [3.05, 3.63) is 315 Å². The Kier molecular flexibility index (Phi) is 10.6. The maximum atomic E-state index is 2.49. The minimum absolute atomic E-state index is 1.04. The molecule has 0 saturated heterocycles. The third kappa shape index (κ3) is 7.04. The fourth-order valence-corrected chi connectivity index (χ4v) is 15.9. The Bertz CT molecular complexity index is 6140. The standard InChI is InChI=1S/C85H55N7/c1-86-74-30-14-8-24-62(74)68-48-49-69-63-25-9-17-33-77(63)90(81(69)80(68)86)59-42-36-56(37-43-59)87(57-38-44-60(45-39-57)91-78-34-18-12-28-66(78)72-52-50-70-64-26-10-15-31-75(64)88(82(70)84(72)91)54-20-4-2-5-21-54)58-40-46-61(47-41-58)92-79-35-19-13-29-67(79)73-53-51-71-65-27-11-16-32-76(65)89(83(71)85(73)92)55-22-6-3-7-23-55/h2-53H,1H3. The zero-order chi connectivity index (χ0) is 60.3. The Hall–Kier alpha value is -12.3. The van der Waals surface area contributed by atoms with Crippen LogP contribution >= 0.6 is 0 Å². The summed E-state index contributed by atoms with van der Waals surface area (Å²) in [7, 11) is 2.21. The van der Waals surface area contributed by atoms with Crippen molar-refractivity contribution < 1.29 is 0 Å². The van der Waals surface area contributed by atoms with Crippen molar-refractivity contribution in [2.24, 2.45) is 7.05 Å². The van der Waals surface area contributed by atoms with Crippen LogP contribution in [-0.4, -0.2) is 27.4 Å². The van der Waals surface area contributed by atoms with E-state index in [1.165, 1.54) is 120 Å². The minimum Gasteiger partial charge on any atom is -0.342 e. The van der Waals surface area contributed by atoms with E-state index in [1.54, 1.807) is 0 Å². The molecule has 0 saturated carbocycles. The molecule has 0 atom stereocenters. The van der Waals surface area contributed by atoms with Gasteiger partial charge in [0, 0.05) is 123 Å². The first-order valence-corrected chi connectivity index (χ1v) is 31.7. The van der Waals surface area contributed by atoms with E-state index in [0.717, 1.165) is 56.5 Å². The molecule has 0 aliphatic heterocycles.